The molecule has 0 aliphatic rings. The van der Waals surface area contributed by atoms with Gasteiger partial charge in [-0.3, -0.25) is 4.98 Å². The van der Waals surface area contributed by atoms with Crippen molar-refractivity contribution in [3.8, 4) is 0 Å². The van der Waals surface area contributed by atoms with Crippen LogP contribution in [0.5, 0.6) is 0 Å². The van der Waals surface area contributed by atoms with E-state index < -0.39 is 0 Å². The second-order valence-electron chi connectivity index (χ2n) is 3.87. The smallest absolute Gasteiger partial charge is 0.0594 e. The fourth-order valence-corrected chi connectivity index (χ4v) is 1.12. The average Bonchev–Trinajstić information content (AvgIpc) is 2.15. The van der Waals surface area contributed by atoms with E-state index in [4.69, 9.17) is 0 Å². The van der Waals surface area contributed by atoms with Crippen LogP contribution >= 0.6 is 0 Å². The summed E-state index contributed by atoms with van der Waals surface area (Å²) in [5.74, 6) is 0.547. The number of nitrogens with one attached hydrogen (secondary N) is 1. The molecule has 2 heteroatoms. The summed E-state index contributed by atoms with van der Waals surface area (Å²) in [6.07, 6.45) is 1.94. The third-order valence-electron chi connectivity index (χ3n) is 2.09. The molecule has 2 nitrogen and oxygen atoms in total. The Morgan fingerprint density at radius 3 is 2.64 bits per heavy atom. The van der Waals surface area contributed by atoms with E-state index in [9.17, 15) is 0 Å². The summed E-state index contributed by atoms with van der Waals surface area (Å²) < 4.78 is 0. The normalized spacial score (nSPS) is 10.3. The molecule has 1 rings (SSSR count). The van der Waals surface area contributed by atoms with Crippen LogP contribution in [-0.2, 0) is 6.54 Å². The summed E-state index contributed by atoms with van der Waals surface area (Å²) >= 11 is 0. The van der Waals surface area contributed by atoms with Gasteiger partial charge in [0, 0.05) is 11.9 Å². The molecule has 1 aromatic rings. The second kappa shape index (κ2) is 4.80. The van der Waals surface area contributed by atoms with Crippen LogP contribution < -0.4 is 5.32 Å². The maximum absolute atomic E-state index is 4.37. The minimum Gasteiger partial charge on any atom is -0.383 e. The van der Waals surface area contributed by atoms with Crippen molar-refractivity contribution in [1.82, 2.24) is 10.3 Å². The molecule has 14 heavy (non-hydrogen) atoms. The second-order valence-corrected chi connectivity index (χ2v) is 3.87. The minimum atomic E-state index is 0.547. The van der Waals surface area contributed by atoms with Crippen LogP contribution in [0.2, 0.25) is 0 Å². The molecule has 0 radical (unpaired) electrons. The molecule has 0 saturated carbocycles. The zero-order chi connectivity index (χ0) is 10.6. The monoisotopic (exact) mass is 190 g/mol. The predicted octanol–water partition coefficient (Wildman–Crippen LogP) is 2.83. The fraction of sp³-hybridized carbons (Fsp3) is 0.417. The molecule has 0 bridgehead atoms. The quantitative estimate of drug-likeness (QED) is 0.789. The van der Waals surface area contributed by atoms with Gasteiger partial charge in [-0.05, 0) is 24.5 Å². The number of rotatable bonds is 4. The Hall–Kier alpha value is -1.31. The maximum Gasteiger partial charge on any atom is 0.0594 e. The molecule has 1 aromatic heterocycles. The van der Waals surface area contributed by atoms with E-state index in [0.29, 0.717) is 5.92 Å². The predicted molar refractivity (Wildman–Crippen MR) is 60.0 cm³/mol. The zero-order valence-electron chi connectivity index (χ0n) is 9.17. The Kier molecular flexibility index (Phi) is 3.69. The summed E-state index contributed by atoms with van der Waals surface area (Å²) in [4.78, 5) is 4.37. The van der Waals surface area contributed by atoms with Gasteiger partial charge in [0.25, 0.3) is 0 Å². The van der Waals surface area contributed by atoms with Crippen LogP contribution in [0.4, 0.5) is 0 Å². The first-order valence-electron chi connectivity index (χ1n) is 4.94. The summed E-state index contributed by atoms with van der Waals surface area (Å²) in [6, 6.07) is 4.19. The first-order chi connectivity index (χ1) is 6.59. The van der Waals surface area contributed by atoms with Gasteiger partial charge >= 0.3 is 0 Å². The SMILES string of the molecule is C=C(C)NCc1ccc(C(C)C)cn1. The van der Waals surface area contributed by atoms with Crippen molar-refractivity contribution in [1.29, 1.82) is 0 Å². The number of hydrogen-bond donors (Lipinski definition) is 1. The number of hydrogen-bond acceptors (Lipinski definition) is 2. The lowest BCUT2D eigenvalue weighted by Crippen LogP contribution is -2.10. The molecular formula is C12H18N2. The van der Waals surface area contributed by atoms with Gasteiger partial charge in [-0.2, -0.15) is 0 Å². The molecule has 0 fully saturated rings. The van der Waals surface area contributed by atoms with E-state index in [0.717, 1.165) is 17.9 Å². The van der Waals surface area contributed by atoms with Crippen molar-refractivity contribution in [3.63, 3.8) is 0 Å². The molecule has 0 aromatic carbocycles. The number of aromatic nitrogens is 1. The van der Waals surface area contributed by atoms with E-state index >= 15 is 0 Å². The Morgan fingerprint density at radius 1 is 1.50 bits per heavy atom. The minimum absolute atomic E-state index is 0.547. The lowest BCUT2D eigenvalue weighted by molar-refractivity contribution is 0.781. The molecule has 0 spiro atoms. The molecule has 0 saturated heterocycles. The lowest BCUT2D eigenvalue weighted by Gasteiger charge is -2.07. The fourth-order valence-electron chi connectivity index (χ4n) is 1.12. The van der Waals surface area contributed by atoms with E-state index in [-0.39, 0.29) is 0 Å². The molecule has 1 N–H and O–H groups in total. The van der Waals surface area contributed by atoms with E-state index in [2.05, 4.69) is 42.9 Å². The molecule has 76 valence electrons. The zero-order valence-corrected chi connectivity index (χ0v) is 9.17. The van der Waals surface area contributed by atoms with E-state index in [1.807, 2.05) is 13.1 Å². The molecule has 0 atom stereocenters. The van der Waals surface area contributed by atoms with Gasteiger partial charge in [0.2, 0.25) is 0 Å². The molecule has 0 unspecified atom stereocenters. The van der Waals surface area contributed by atoms with E-state index in [1.54, 1.807) is 0 Å². The number of nitrogens with zero attached hydrogens (tertiary/aromatic N) is 1. The summed E-state index contributed by atoms with van der Waals surface area (Å²) in [5.41, 5.74) is 3.31. The third kappa shape index (κ3) is 3.21. The average molecular weight is 190 g/mol. The van der Waals surface area contributed by atoms with Crippen LogP contribution in [0.25, 0.3) is 0 Å². The van der Waals surface area contributed by atoms with Crippen molar-refractivity contribution >= 4 is 0 Å². The molecule has 1 heterocycles. The molecule has 0 aliphatic carbocycles. The van der Waals surface area contributed by atoms with Crippen molar-refractivity contribution in [2.45, 2.75) is 33.2 Å². The first kappa shape index (κ1) is 10.8. The molecular weight excluding hydrogens is 172 g/mol. The highest BCUT2D eigenvalue weighted by Crippen LogP contribution is 2.12. The molecule has 0 aliphatic heterocycles. The number of pyridine rings is 1. The van der Waals surface area contributed by atoms with Crippen molar-refractivity contribution in [3.05, 3.63) is 41.9 Å². The van der Waals surface area contributed by atoms with Gasteiger partial charge in [0.05, 0.1) is 12.2 Å². The van der Waals surface area contributed by atoms with Crippen LogP contribution in [0.15, 0.2) is 30.6 Å². The van der Waals surface area contributed by atoms with Crippen molar-refractivity contribution in [2.24, 2.45) is 0 Å². The Labute approximate surface area is 86.1 Å². The van der Waals surface area contributed by atoms with Gasteiger partial charge < -0.3 is 5.32 Å². The van der Waals surface area contributed by atoms with Gasteiger partial charge in [-0.15, -0.1) is 0 Å². The standard InChI is InChI=1S/C12H18N2/c1-9(2)11-5-6-12(14-7-11)8-13-10(3)4/h5-7,9,13H,3,8H2,1-2,4H3. The topological polar surface area (TPSA) is 24.9 Å². The highest BCUT2D eigenvalue weighted by Gasteiger charge is 1.99. The van der Waals surface area contributed by atoms with Gasteiger partial charge in [0.1, 0.15) is 0 Å². The third-order valence-corrected chi connectivity index (χ3v) is 2.09. The number of allylic oxidation sites excluding steroid dienone is 1. The highest BCUT2D eigenvalue weighted by atomic mass is 14.9. The van der Waals surface area contributed by atoms with E-state index in [1.165, 1.54) is 5.56 Å². The van der Waals surface area contributed by atoms with Crippen LogP contribution in [-0.4, -0.2) is 4.98 Å². The summed E-state index contributed by atoms with van der Waals surface area (Å²) in [6.45, 7) is 10.8. The van der Waals surface area contributed by atoms with Crippen LogP contribution in [0.3, 0.4) is 0 Å². The van der Waals surface area contributed by atoms with Gasteiger partial charge in [-0.1, -0.05) is 26.5 Å². The largest absolute Gasteiger partial charge is 0.383 e. The van der Waals surface area contributed by atoms with Gasteiger partial charge in [-0.25, -0.2) is 0 Å². The Bertz CT molecular complexity index is 299. The summed E-state index contributed by atoms with van der Waals surface area (Å²) in [7, 11) is 0. The highest BCUT2D eigenvalue weighted by molar-refractivity contribution is 5.17. The summed E-state index contributed by atoms with van der Waals surface area (Å²) in [5, 5.41) is 3.15. The molecule has 0 amide bonds. The van der Waals surface area contributed by atoms with Gasteiger partial charge in [0.15, 0.2) is 0 Å². The van der Waals surface area contributed by atoms with Crippen LogP contribution in [0.1, 0.15) is 37.9 Å². The van der Waals surface area contributed by atoms with Crippen molar-refractivity contribution < 1.29 is 0 Å². The van der Waals surface area contributed by atoms with Crippen LogP contribution in [0, 0.1) is 0 Å². The lowest BCUT2D eigenvalue weighted by atomic mass is 10.1. The first-order valence-corrected chi connectivity index (χ1v) is 4.94. The Balaban J connectivity index is 2.59. The maximum atomic E-state index is 4.37. The Morgan fingerprint density at radius 2 is 2.21 bits per heavy atom. The van der Waals surface area contributed by atoms with Crippen molar-refractivity contribution in [2.75, 3.05) is 0 Å².